The highest BCUT2D eigenvalue weighted by atomic mass is 35.5. The molecule has 0 spiro atoms. The number of benzene rings is 2. The standard InChI is InChI=1S/C17H13ClN2OS/c1-11-2-8-14(9-3-11)19-16-15(22-17(21)20-16)10-12-4-6-13(18)7-5-12/h2-10H,1H3,(H,19,20,21)/b15-10-. The lowest BCUT2D eigenvalue weighted by atomic mass is 10.2. The van der Waals surface area contributed by atoms with Gasteiger partial charge < -0.3 is 5.32 Å². The number of halogens is 1. The van der Waals surface area contributed by atoms with Gasteiger partial charge in [0.25, 0.3) is 5.24 Å². The van der Waals surface area contributed by atoms with Gasteiger partial charge >= 0.3 is 0 Å². The molecule has 22 heavy (non-hydrogen) atoms. The lowest BCUT2D eigenvalue weighted by molar-refractivity contribution is 0.265. The minimum atomic E-state index is -0.119. The largest absolute Gasteiger partial charge is 0.300 e. The molecule has 2 aromatic rings. The van der Waals surface area contributed by atoms with Crippen molar-refractivity contribution in [2.75, 3.05) is 0 Å². The fraction of sp³-hybridized carbons (Fsp3) is 0.0588. The van der Waals surface area contributed by atoms with E-state index < -0.39 is 0 Å². The van der Waals surface area contributed by atoms with Gasteiger partial charge in [-0.2, -0.15) is 0 Å². The molecule has 1 fully saturated rings. The van der Waals surface area contributed by atoms with Crippen molar-refractivity contribution in [3.8, 4) is 0 Å². The van der Waals surface area contributed by atoms with Crippen molar-refractivity contribution in [3.05, 3.63) is 69.6 Å². The van der Waals surface area contributed by atoms with E-state index in [0.717, 1.165) is 27.9 Å². The van der Waals surface area contributed by atoms with E-state index in [1.807, 2.05) is 61.5 Å². The minimum Gasteiger partial charge on any atom is -0.300 e. The number of aryl methyl sites for hydroxylation is 1. The van der Waals surface area contributed by atoms with Gasteiger partial charge in [0.2, 0.25) is 0 Å². The lowest BCUT2D eigenvalue weighted by Gasteiger charge is -2.01. The molecule has 1 saturated heterocycles. The third kappa shape index (κ3) is 3.59. The fourth-order valence-electron chi connectivity index (χ4n) is 1.97. The van der Waals surface area contributed by atoms with Gasteiger partial charge in [0.1, 0.15) is 5.84 Å². The maximum atomic E-state index is 11.7. The fourth-order valence-corrected chi connectivity index (χ4v) is 2.83. The lowest BCUT2D eigenvalue weighted by Crippen LogP contribution is -2.18. The van der Waals surface area contributed by atoms with E-state index in [-0.39, 0.29) is 5.24 Å². The summed E-state index contributed by atoms with van der Waals surface area (Å²) in [4.78, 5) is 17.0. The number of nitrogens with one attached hydrogen (secondary N) is 1. The van der Waals surface area contributed by atoms with Crippen LogP contribution in [0.5, 0.6) is 0 Å². The minimum absolute atomic E-state index is 0.119. The Hall–Kier alpha value is -2.04. The van der Waals surface area contributed by atoms with Crippen molar-refractivity contribution in [1.29, 1.82) is 0 Å². The number of thioether (sulfide) groups is 1. The summed E-state index contributed by atoms with van der Waals surface area (Å²) in [6.45, 7) is 2.02. The Morgan fingerprint density at radius 2 is 1.77 bits per heavy atom. The van der Waals surface area contributed by atoms with E-state index >= 15 is 0 Å². The van der Waals surface area contributed by atoms with Crippen LogP contribution in [0, 0.1) is 6.92 Å². The number of carbonyl (C=O) groups is 1. The van der Waals surface area contributed by atoms with Gasteiger partial charge in [-0.3, -0.25) is 4.79 Å². The molecule has 3 nitrogen and oxygen atoms in total. The zero-order valence-corrected chi connectivity index (χ0v) is 13.4. The van der Waals surface area contributed by atoms with E-state index in [4.69, 9.17) is 11.6 Å². The van der Waals surface area contributed by atoms with Crippen molar-refractivity contribution in [2.24, 2.45) is 4.99 Å². The molecule has 5 heteroatoms. The topological polar surface area (TPSA) is 41.5 Å². The Morgan fingerprint density at radius 1 is 1.09 bits per heavy atom. The Bertz CT molecular complexity index is 699. The number of hydrogen-bond acceptors (Lipinski definition) is 3. The summed E-state index contributed by atoms with van der Waals surface area (Å²) in [5, 5.41) is 3.34. The van der Waals surface area contributed by atoms with E-state index in [1.165, 1.54) is 5.56 Å². The summed E-state index contributed by atoms with van der Waals surface area (Å²) in [5.41, 5.74) is 2.95. The van der Waals surface area contributed by atoms with Gasteiger partial charge in [-0.15, -0.1) is 0 Å². The molecule has 0 aliphatic carbocycles. The quantitative estimate of drug-likeness (QED) is 0.825. The van der Waals surface area contributed by atoms with Crippen molar-refractivity contribution in [1.82, 2.24) is 5.32 Å². The first kappa shape index (κ1) is 14.9. The highest BCUT2D eigenvalue weighted by Gasteiger charge is 2.23. The molecule has 110 valence electrons. The van der Waals surface area contributed by atoms with Crippen molar-refractivity contribution in [3.63, 3.8) is 0 Å². The number of rotatable bonds is 2. The predicted octanol–water partition coefficient (Wildman–Crippen LogP) is 5.18. The van der Waals surface area contributed by atoms with Gasteiger partial charge in [0.15, 0.2) is 0 Å². The van der Waals surface area contributed by atoms with Crippen molar-refractivity contribution >= 4 is 46.2 Å². The van der Waals surface area contributed by atoms with E-state index in [2.05, 4.69) is 10.3 Å². The van der Waals surface area contributed by atoms with E-state index in [9.17, 15) is 4.79 Å². The molecule has 0 atom stereocenters. The third-order valence-corrected chi connectivity index (χ3v) is 4.17. The molecule has 1 heterocycles. The molecule has 0 unspecified atom stereocenters. The maximum Gasteiger partial charge on any atom is 0.289 e. The van der Waals surface area contributed by atoms with Crippen LogP contribution in [-0.2, 0) is 0 Å². The summed E-state index contributed by atoms with van der Waals surface area (Å²) in [6.07, 6.45) is 1.92. The SMILES string of the molecule is Cc1ccc(N=C2NC(=O)S/C2=C\c2ccc(Cl)cc2)cc1. The molecular formula is C17H13ClN2OS. The number of hydrogen-bond donors (Lipinski definition) is 1. The second kappa shape index (κ2) is 6.38. The number of aliphatic imine (C=N–C) groups is 1. The predicted molar refractivity (Wildman–Crippen MR) is 93.8 cm³/mol. The smallest absolute Gasteiger partial charge is 0.289 e. The van der Waals surface area contributed by atoms with Crippen LogP contribution in [0.4, 0.5) is 10.5 Å². The van der Waals surface area contributed by atoms with Crippen molar-refractivity contribution in [2.45, 2.75) is 6.92 Å². The van der Waals surface area contributed by atoms with Gasteiger partial charge in [0.05, 0.1) is 10.6 Å². The zero-order valence-electron chi connectivity index (χ0n) is 11.8. The number of carbonyl (C=O) groups excluding carboxylic acids is 1. The Morgan fingerprint density at radius 3 is 2.45 bits per heavy atom. The highest BCUT2D eigenvalue weighted by Crippen LogP contribution is 2.28. The van der Waals surface area contributed by atoms with Gasteiger partial charge in [-0.25, -0.2) is 4.99 Å². The summed E-state index contributed by atoms with van der Waals surface area (Å²) < 4.78 is 0. The van der Waals surface area contributed by atoms with Crippen LogP contribution in [0.15, 0.2) is 58.4 Å². The Balaban J connectivity index is 1.93. The average molecular weight is 329 g/mol. The van der Waals surface area contributed by atoms with Crippen LogP contribution in [0.25, 0.3) is 6.08 Å². The molecule has 0 saturated carbocycles. The summed E-state index contributed by atoms with van der Waals surface area (Å²) >= 11 is 7.03. The molecular weight excluding hydrogens is 316 g/mol. The van der Waals surface area contributed by atoms with Crippen LogP contribution >= 0.6 is 23.4 Å². The second-order valence-corrected chi connectivity index (χ2v) is 6.32. The third-order valence-electron chi connectivity index (χ3n) is 3.10. The van der Waals surface area contributed by atoms with Crippen LogP contribution in [0.3, 0.4) is 0 Å². The van der Waals surface area contributed by atoms with E-state index in [0.29, 0.717) is 10.9 Å². The van der Waals surface area contributed by atoms with Gasteiger partial charge in [-0.05, 0) is 54.6 Å². The molecule has 0 radical (unpaired) electrons. The molecule has 2 aromatic carbocycles. The first-order valence-corrected chi connectivity index (χ1v) is 7.91. The van der Waals surface area contributed by atoms with Crippen LogP contribution in [0.1, 0.15) is 11.1 Å². The monoisotopic (exact) mass is 328 g/mol. The van der Waals surface area contributed by atoms with Crippen LogP contribution < -0.4 is 5.32 Å². The number of amidine groups is 1. The maximum absolute atomic E-state index is 11.7. The zero-order chi connectivity index (χ0) is 15.5. The summed E-state index contributed by atoms with van der Waals surface area (Å²) in [5.74, 6) is 0.578. The summed E-state index contributed by atoms with van der Waals surface area (Å²) in [6, 6.07) is 15.3. The van der Waals surface area contributed by atoms with Crippen molar-refractivity contribution < 1.29 is 4.79 Å². The molecule has 0 aromatic heterocycles. The molecule has 3 rings (SSSR count). The normalized spacial score (nSPS) is 18.0. The number of nitrogens with zero attached hydrogens (tertiary/aromatic N) is 1. The highest BCUT2D eigenvalue weighted by molar-refractivity contribution is 8.18. The first-order chi connectivity index (χ1) is 10.6. The molecule has 1 amide bonds. The van der Waals surface area contributed by atoms with Crippen LogP contribution in [-0.4, -0.2) is 11.1 Å². The second-order valence-electron chi connectivity index (χ2n) is 4.87. The number of amides is 1. The van der Waals surface area contributed by atoms with E-state index in [1.54, 1.807) is 0 Å². The molecule has 0 bridgehead atoms. The average Bonchev–Trinajstić information content (AvgIpc) is 2.83. The van der Waals surface area contributed by atoms with Gasteiger partial charge in [-0.1, -0.05) is 41.4 Å². The molecule has 1 aliphatic heterocycles. The summed E-state index contributed by atoms with van der Waals surface area (Å²) in [7, 11) is 0. The Kier molecular flexibility index (Phi) is 4.32. The molecule has 1 N–H and O–H groups in total. The Labute approximate surface area is 138 Å². The van der Waals surface area contributed by atoms with Crippen LogP contribution in [0.2, 0.25) is 5.02 Å². The first-order valence-electron chi connectivity index (χ1n) is 6.72. The molecule has 1 aliphatic rings. The van der Waals surface area contributed by atoms with Gasteiger partial charge in [0, 0.05) is 5.02 Å².